The van der Waals surface area contributed by atoms with Gasteiger partial charge in [0, 0.05) is 24.4 Å². The van der Waals surface area contributed by atoms with Crippen LogP contribution in [0.3, 0.4) is 0 Å². The number of rotatable bonds is 6. The van der Waals surface area contributed by atoms with Gasteiger partial charge in [-0.05, 0) is 30.9 Å². The van der Waals surface area contributed by atoms with Crippen LogP contribution in [0.5, 0.6) is 0 Å². The molecule has 6 heteroatoms. The first-order chi connectivity index (χ1) is 8.12. The summed E-state index contributed by atoms with van der Waals surface area (Å²) >= 11 is 1.23. The molecule has 2 rings (SSSR count). The predicted octanol–water partition coefficient (Wildman–Crippen LogP) is 1.36. The number of aliphatic hydroxyl groups is 1. The molecule has 1 fully saturated rings. The highest BCUT2D eigenvalue weighted by atomic mass is 32.2. The Kier molecular flexibility index (Phi) is 4.19. The minimum absolute atomic E-state index is 0.0511. The molecule has 17 heavy (non-hydrogen) atoms. The summed E-state index contributed by atoms with van der Waals surface area (Å²) in [6.45, 7) is 0.602. The van der Waals surface area contributed by atoms with E-state index in [0.29, 0.717) is 23.1 Å². The Morgan fingerprint density at radius 3 is 2.76 bits per heavy atom. The molecule has 0 saturated heterocycles. The van der Waals surface area contributed by atoms with Crippen LogP contribution in [-0.4, -0.2) is 26.7 Å². The van der Waals surface area contributed by atoms with Gasteiger partial charge in [-0.15, -0.1) is 11.3 Å². The Balaban J connectivity index is 1.97. The van der Waals surface area contributed by atoms with Gasteiger partial charge in [-0.25, -0.2) is 13.1 Å². The Bertz CT molecular complexity index is 463. The average molecular weight is 275 g/mol. The van der Waals surface area contributed by atoms with Crippen molar-refractivity contribution in [2.75, 3.05) is 13.2 Å². The van der Waals surface area contributed by atoms with E-state index in [2.05, 4.69) is 4.72 Å². The van der Waals surface area contributed by atoms with E-state index in [1.807, 2.05) is 0 Å². The number of hydrogen-bond donors (Lipinski definition) is 2. The smallest absolute Gasteiger partial charge is 0.250 e. The third-order valence-corrected chi connectivity index (χ3v) is 6.11. The molecule has 1 aromatic rings. The van der Waals surface area contributed by atoms with Gasteiger partial charge in [-0.2, -0.15) is 0 Å². The highest BCUT2D eigenvalue weighted by Crippen LogP contribution is 2.26. The van der Waals surface area contributed by atoms with Crippen LogP contribution in [-0.2, 0) is 16.4 Å². The van der Waals surface area contributed by atoms with E-state index in [1.54, 1.807) is 12.1 Å². The van der Waals surface area contributed by atoms with Gasteiger partial charge in [0.15, 0.2) is 0 Å². The number of thiophene rings is 1. The van der Waals surface area contributed by atoms with Crippen molar-refractivity contribution >= 4 is 21.4 Å². The van der Waals surface area contributed by atoms with E-state index in [0.717, 1.165) is 17.7 Å². The first-order valence-corrected chi connectivity index (χ1v) is 8.11. The number of nitrogens with one attached hydrogen (secondary N) is 1. The molecule has 1 aliphatic carbocycles. The van der Waals surface area contributed by atoms with Gasteiger partial charge in [-0.3, -0.25) is 0 Å². The SMILES string of the molecule is O=S(=O)(NCC1CCC1)c1ccc(CCO)s1. The Hall–Kier alpha value is -0.430. The van der Waals surface area contributed by atoms with Crippen molar-refractivity contribution in [2.24, 2.45) is 5.92 Å². The topological polar surface area (TPSA) is 66.4 Å². The molecule has 1 heterocycles. The molecule has 1 aliphatic rings. The summed E-state index contributed by atoms with van der Waals surface area (Å²) in [7, 11) is -3.34. The zero-order valence-corrected chi connectivity index (χ0v) is 11.2. The first kappa shape index (κ1) is 13.0. The fourth-order valence-corrected chi connectivity index (χ4v) is 4.25. The maximum absolute atomic E-state index is 11.9. The van der Waals surface area contributed by atoms with Crippen LogP contribution in [0.25, 0.3) is 0 Å². The number of sulfonamides is 1. The fraction of sp³-hybridized carbons (Fsp3) is 0.636. The molecular formula is C11H17NO3S2. The second kappa shape index (κ2) is 5.48. The largest absolute Gasteiger partial charge is 0.396 e. The van der Waals surface area contributed by atoms with Gasteiger partial charge in [-0.1, -0.05) is 6.42 Å². The second-order valence-electron chi connectivity index (χ2n) is 4.34. The molecule has 0 bridgehead atoms. The third kappa shape index (κ3) is 3.28. The van der Waals surface area contributed by atoms with E-state index >= 15 is 0 Å². The summed E-state index contributed by atoms with van der Waals surface area (Å²) < 4.78 is 26.9. The van der Waals surface area contributed by atoms with E-state index in [4.69, 9.17) is 5.11 Å². The maximum atomic E-state index is 11.9. The molecule has 4 nitrogen and oxygen atoms in total. The van der Waals surface area contributed by atoms with Gasteiger partial charge >= 0.3 is 0 Å². The van der Waals surface area contributed by atoms with Crippen LogP contribution < -0.4 is 4.72 Å². The summed E-state index contributed by atoms with van der Waals surface area (Å²) in [5.74, 6) is 0.515. The van der Waals surface area contributed by atoms with E-state index in [1.165, 1.54) is 17.8 Å². The van der Waals surface area contributed by atoms with Crippen molar-refractivity contribution in [2.45, 2.75) is 29.9 Å². The molecule has 0 spiro atoms. The summed E-state index contributed by atoms with van der Waals surface area (Å²) in [4.78, 5) is 0.900. The molecule has 0 unspecified atom stereocenters. The minimum Gasteiger partial charge on any atom is -0.396 e. The summed E-state index contributed by atoms with van der Waals surface area (Å²) in [5, 5.41) is 8.79. The standard InChI is InChI=1S/C11H17NO3S2/c13-7-6-10-4-5-11(16-10)17(14,15)12-8-9-2-1-3-9/h4-5,9,12-13H,1-3,6-8H2. The summed E-state index contributed by atoms with van der Waals surface area (Å²) in [6.07, 6.45) is 3.99. The molecule has 0 radical (unpaired) electrons. The normalized spacial score (nSPS) is 17.0. The predicted molar refractivity (Wildman–Crippen MR) is 67.6 cm³/mol. The van der Waals surface area contributed by atoms with Crippen molar-refractivity contribution in [1.82, 2.24) is 4.72 Å². The lowest BCUT2D eigenvalue weighted by molar-refractivity contribution is 0.300. The lowest BCUT2D eigenvalue weighted by Crippen LogP contribution is -2.31. The van der Waals surface area contributed by atoms with E-state index in [-0.39, 0.29) is 6.61 Å². The molecule has 0 aliphatic heterocycles. The minimum atomic E-state index is -3.34. The monoisotopic (exact) mass is 275 g/mol. The zero-order valence-electron chi connectivity index (χ0n) is 9.55. The molecule has 2 N–H and O–H groups in total. The quantitative estimate of drug-likeness (QED) is 0.824. The molecular weight excluding hydrogens is 258 g/mol. The van der Waals surface area contributed by atoms with Crippen LogP contribution in [0.15, 0.2) is 16.3 Å². The fourth-order valence-electron chi connectivity index (χ4n) is 1.74. The Morgan fingerprint density at radius 1 is 1.41 bits per heavy atom. The van der Waals surface area contributed by atoms with E-state index in [9.17, 15) is 8.42 Å². The zero-order chi connectivity index (χ0) is 12.3. The van der Waals surface area contributed by atoms with Crippen LogP contribution in [0.4, 0.5) is 0 Å². The lowest BCUT2D eigenvalue weighted by Gasteiger charge is -2.25. The summed E-state index contributed by atoms with van der Waals surface area (Å²) in [6, 6.07) is 3.37. The molecule has 1 aromatic heterocycles. The van der Waals surface area contributed by atoms with Crippen molar-refractivity contribution in [3.63, 3.8) is 0 Å². The van der Waals surface area contributed by atoms with Gasteiger partial charge < -0.3 is 5.11 Å². The van der Waals surface area contributed by atoms with Crippen LogP contribution >= 0.6 is 11.3 Å². The molecule has 0 aromatic carbocycles. The molecule has 0 amide bonds. The van der Waals surface area contributed by atoms with Gasteiger partial charge in [0.1, 0.15) is 4.21 Å². The van der Waals surface area contributed by atoms with Gasteiger partial charge in [0.2, 0.25) is 10.0 Å². The molecule has 1 saturated carbocycles. The third-order valence-electron chi connectivity index (χ3n) is 3.05. The molecule has 0 atom stereocenters. The Morgan fingerprint density at radius 2 is 2.18 bits per heavy atom. The number of hydrogen-bond acceptors (Lipinski definition) is 4. The van der Waals surface area contributed by atoms with E-state index < -0.39 is 10.0 Å². The average Bonchev–Trinajstić information content (AvgIpc) is 2.65. The highest BCUT2D eigenvalue weighted by Gasteiger charge is 2.22. The van der Waals surface area contributed by atoms with Gasteiger partial charge in [0.05, 0.1) is 0 Å². The van der Waals surface area contributed by atoms with Crippen LogP contribution in [0, 0.1) is 5.92 Å². The summed E-state index contributed by atoms with van der Waals surface area (Å²) in [5.41, 5.74) is 0. The highest BCUT2D eigenvalue weighted by molar-refractivity contribution is 7.91. The van der Waals surface area contributed by atoms with Gasteiger partial charge in [0.25, 0.3) is 0 Å². The van der Waals surface area contributed by atoms with Crippen LogP contribution in [0.2, 0.25) is 0 Å². The molecule has 96 valence electrons. The van der Waals surface area contributed by atoms with Crippen LogP contribution in [0.1, 0.15) is 24.1 Å². The van der Waals surface area contributed by atoms with Crippen molar-refractivity contribution in [1.29, 1.82) is 0 Å². The van der Waals surface area contributed by atoms with Crippen molar-refractivity contribution in [3.8, 4) is 0 Å². The number of aliphatic hydroxyl groups excluding tert-OH is 1. The Labute approximate surface area is 106 Å². The first-order valence-electron chi connectivity index (χ1n) is 5.81. The second-order valence-corrected chi connectivity index (χ2v) is 7.51. The maximum Gasteiger partial charge on any atom is 0.250 e. The van der Waals surface area contributed by atoms with Crippen molar-refractivity contribution in [3.05, 3.63) is 17.0 Å². The lowest BCUT2D eigenvalue weighted by atomic mass is 9.86. The van der Waals surface area contributed by atoms with Crippen molar-refractivity contribution < 1.29 is 13.5 Å².